The molecule has 8 heteroatoms. The third-order valence-electron chi connectivity index (χ3n) is 5.37. The van der Waals surface area contributed by atoms with Crippen LogP contribution in [0.25, 0.3) is 10.6 Å². The summed E-state index contributed by atoms with van der Waals surface area (Å²) in [7, 11) is -3.80. The first-order valence-corrected chi connectivity index (χ1v) is 12.2. The molecule has 1 saturated heterocycles. The summed E-state index contributed by atoms with van der Waals surface area (Å²) in [5, 5.41) is 3.63. The van der Waals surface area contributed by atoms with Crippen LogP contribution in [0.2, 0.25) is 0 Å². The molecule has 162 valence electrons. The van der Waals surface area contributed by atoms with Crippen molar-refractivity contribution >= 4 is 27.3 Å². The molecule has 1 aliphatic rings. The second-order valence-electron chi connectivity index (χ2n) is 8.97. The molecular formula is C22H29N3O3S2. The molecule has 0 bridgehead atoms. The van der Waals surface area contributed by atoms with Gasteiger partial charge in [0.2, 0.25) is 5.91 Å². The van der Waals surface area contributed by atoms with E-state index in [4.69, 9.17) is 0 Å². The smallest absolute Gasteiger partial charge is 0.255 e. The van der Waals surface area contributed by atoms with E-state index in [2.05, 4.69) is 16.9 Å². The average Bonchev–Trinajstić information content (AvgIpc) is 3.02. The first-order valence-electron chi connectivity index (χ1n) is 9.90. The molecule has 2 heterocycles. The molecule has 1 aliphatic heterocycles. The van der Waals surface area contributed by atoms with Crippen LogP contribution in [0, 0.1) is 6.92 Å². The van der Waals surface area contributed by atoms with Crippen LogP contribution in [-0.2, 0) is 14.8 Å². The van der Waals surface area contributed by atoms with E-state index < -0.39 is 21.1 Å². The van der Waals surface area contributed by atoms with Crippen LogP contribution in [0.1, 0.15) is 46.2 Å². The van der Waals surface area contributed by atoms with Crippen molar-refractivity contribution in [2.24, 2.45) is 0 Å². The van der Waals surface area contributed by atoms with Crippen LogP contribution in [0.5, 0.6) is 0 Å². The molecule has 3 rings (SSSR count). The topological polar surface area (TPSA) is 79.4 Å². The molecular weight excluding hydrogens is 418 g/mol. The summed E-state index contributed by atoms with van der Waals surface area (Å²) in [4.78, 5) is 16.4. The van der Waals surface area contributed by atoms with E-state index in [0.29, 0.717) is 23.5 Å². The number of hydrogen-bond acceptors (Lipinski definition) is 5. The summed E-state index contributed by atoms with van der Waals surface area (Å²) < 4.78 is 29.6. The molecule has 1 aromatic carbocycles. The highest BCUT2D eigenvalue weighted by atomic mass is 32.2. The van der Waals surface area contributed by atoms with Crippen LogP contribution in [0.4, 0.5) is 0 Å². The Labute approximate surface area is 183 Å². The van der Waals surface area contributed by atoms with Gasteiger partial charge in [0.25, 0.3) is 10.0 Å². The Bertz CT molecular complexity index is 1040. The molecule has 1 amide bonds. The van der Waals surface area contributed by atoms with Gasteiger partial charge < -0.3 is 5.32 Å². The van der Waals surface area contributed by atoms with Crippen LogP contribution in [0.3, 0.4) is 0 Å². The molecule has 0 radical (unpaired) electrons. The molecule has 0 saturated carbocycles. The highest BCUT2D eigenvalue weighted by molar-refractivity contribution is 7.91. The van der Waals surface area contributed by atoms with Gasteiger partial charge in [0.05, 0.1) is 5.69 Å². The second-order valence-corrected chi connectivity index (χ2v) is 12.0. The van der Waals surface area contributed by atoms with Gasteiger partial charge in [-0.15, -0.1) is 11.3 Å². The number of piperidine rings is 1. The van der Waals surface area contributed by atoms with Gasteiger partial charge >= 0.3 is 0 Å². The number of nitrogens with one attached hydrogen (secondary N) is 1. The SMILES string of the molecule is C=CC(=O)NC1CC(C)(C)N(S(=O)(=O)c2sc(-c3ccccc3)nc2C)C(C)(C)C1. The maximum Gasteiger partial charge on any atom is 0.255 e. The molecule has 0 spiro atoms. The molecule has 0 unspecified atom stereocenters. The quantitative estimate of drug-likeness (QED) is 0.699. The number of aromatic nitrogens is 1. The zero-order valence-corrected chi connectivity index (χ0v) is 19.7. The van der Waals surface area contributed by atoms with E-state index in [9.17, 15) is 13.2 Å². The number of nitrogens with zero attached hydrogens (tertiary/aromatic N) is 2. The van der Waals surface area contributed by atoms with Crippen LogP contribution >= 0.6 is 11.3 Å². The first kappa shape index (κ1) is 22.7. The monoisotopic (exact) mass is 447 g/mol. The Morgan fingerprint density at radius 1 is 1.20 bits per heavy atom. The number of benzene rings is 1. The fraction of sp³-hybridized carbons (Fsp3) is 0.455. The minimum atomic E-state index is -3.80. The summed E-state index contributed by atoms with van der Waals surface area (Å²) in [5.41, 5.74) is 0.0236. The largest absolute Gasteiger partial charge is 0.350 e. The second kappa shape index (κ2) is 7.90. The van der Waals surface area contributed by atoms with E-state index in [0.717, 1.165) is 5.56 Å². The first-order chi connectivity index (χ1) is 13.9. The zero-order chi connectivity index (χ0) is 22.3. The van der Waals surface area contributed by atoms with E-state index in [1.54, 1.807) is 11.2 Å². The third kappa shape index (κ3) is 4.22. The van der Waals surface area contributed by atoms with Gasteiger partial charge in [-0.2, -0.15) is 4.31 Å². The summed E-state index contributed by atoms with van der Waals surface area (Å²) in [6.07, 6.45) is 2.27. The number of hydrogen-bond donors (Lipinski definition) is 1. The van der Waals surface area contributed by atoms with Crippen LogP contribution < -0.4 is 5.32 Å². The van der Waals surface area contributed by atoms with Crippen LogP contribution in [0.15, 0.2) is 47.2 Å². The normalized spacial score (nSPS) is 19.4. The minimum Gasteiger partial charge on any atom is -0.350 e. The maximum atomic E-state index is 13.9. The molecule has 0 atom stereocenters. The maximum absolute atomic E-state index is 13.9. The fourth-order valence-electron chi connectivity index (χ4n) is 4.69. The van der Waals surface area contributed by atoms with Gasteiger partial charge in [0.1, 0.15) is 5.01 Å². The molecule has 2 aromatic rings. The van der Waals surface area contributed by atoms with Crippen LogP contribution in [-0.4, -0.2) is 40.7 Å². The summed E-state index contributed by atoms with van der Waals surface area (Å²) >= 11 is 1.21. The zero-order valence-electron chi connectivity index (χ0n) is 18.1. The van der Waals surface area contributed by atoms with Crippen molar-refractivity contribution in [3.05, 3.63) is 48.7 Å². The molecule has 1 fully saturated rings. The van der Waals surface area contributed by atoms with E-state index in [-0.39, 0.29) is 16.2 Å². The van der Waals surface area contributed by atoms with E-state index in [1.165, 1.54) is 17.4 Å². The molecule has 6 nitrogen and oxygen atoms in total. The van der Waals surface area contributed by atoms with Crippen molar-refractivity contribution in [3.8, 4) is 10.6 Å². The summed E-state index contributed by atoms with van der Waals surface area (Å²) in [5.74, 6) is -0.242. The van der Waals surface area contributed by atoms with Gasteiger partial charge in [-0.05, 0) is 53.5 Å². The highest BCUT2D eigenvalue weighted by Gasteiger charge is 2.52. The number of sulfonamides is 1. The van der Waals surface area contributed by atoms with Gasteiger partial charge in [0, 0.05) is 22.7 Å². The molecule has 30 heavy (non-hydrogen) atoms. The number of carbonyl (C=O) groups is 1. The lowest BCUT2D eigenvalue weighted by Crippen LogP contribution is -2.65. The van der Waals surface area contributed by atoms with Crippen molar-refractivity contribution in [1.82, 2.24) is 14.6 Å². The Balaban J connectivity index is 2.00. The Hall–Kier alpha value is -2.03. The van der Waals surface area contributed by atoms with Crippen molar-refractivity contribution in [1.29, 1.82) is 0 Å². The van der Waals surface area contributed by atoms with E-state index in [1.807, 2.05) is 58.0 Å². The average molecular weight is 448 g/mol. The number of thiazole rings is 1. The predicted octanol–water partition coefficient (Wildman–Crippen LogP) is 4.13. The van der Waals surface area contributed by atoms with Gasteiger partial charge in [-0.3, -0.25) is 4.79 Å². The summed E-state index contributed by atoms with van der Waals surface area (Å²) in [6.45, 7) is 12.9. The Morgan fingerprint density at radius 3 is 2.30 bits per heavy atom. The lowest BCUT2D eigenvalue weighted by molar-refractivity contribution is -0.118. The molecule has 0 aliphatic carbocycles. The van der Waals surface area contributed by atoms with E-state index >= 15 is 0 Å². The lowest BCUT2D eigenvalue weighted by atomic mass is 9.79. The number of carbonyl (C=O) groups excluding carboxylic acids is 1. The van der Waals surface area contributed by atoms with Gasteiger partial charge in [0.15, 0.2) is 4.21 Å². The Kier molecular flexibility index (Phi) is 5.97. The highest BCUT2D eigenvalue weighted by Crippen LogP contribution is 2.44. The summed E-state index contributed by atoms with van der Waals surface area (Å²) in [6, 6.07) is 9.47. The molecule has 1 N–H and O–H groups in total. The molecule has 1 aromatic heterocycles. The lowest BCUT2D eigenvalue weighted by Gasteiger charge is -2.53. The Morgan fingerprint density at radius 2 is 1.77 bits per heavy atom. The number of aryl methyl sites for hydroxylation is 1. The van der Waals surface area contributed by atoms with Gasteiger partial charge in [-0.1, -0.05) is 36.9 Å². The van der Waals surface area contributed by atoms with Crippen molar-refractivity contribution < 1.29 is 13.2 Å². The third-order valence-corrected chi connectivity index (χ3v) is 9.49. The van der Waals surface area contributed by atoms with Crippen molar-refractivity contribution in [2.75, 3.05) is 0 Å². The number of rotatable bonds is 5. The van der Waals surface area contributed by atoms with Crippen molar-refractivity contribution in [2.45, 2.75) is 68.8 Å². The fourth-order valence-corrected chi connectivity index (χ4v) is 8.41. The minimum absolute atomic E-state index is 0.130. The van der Waals surface area contributed by atoms with Crippen molar-refractivity contribution in [3.63, 3.8) is 0 Å². The predicted molar refractivity (Wildman–Crippen MR) is 121 cm³/mol. The standard InChI is InChI=1S/C22H29N3O3S2/c1-7-18(26)24-17-13-21(3,4)25(22(5,6)14-17)30(27,28)20-15(2)23-19(29-20)16-11-9-8-10-12-16/h7-12,17H,1,13-14H2,2-6H3,(H,24,26). The number of amides is 1. The van der Waals surface area contributed by atoms with Gasteiger partial charge in [-0.25, -0.2) is 13.4 Å².